The molecule has 0 radical (unpaired) electrons. The van der Waals surface area contributed by atoms with E-state index < -0.39 is 11.6 Å². The minimum atomic E-state index is -0.626. The van der Waals surface area contributed by atoms with E-state index in [0.29, 0.717) is 16.7 Å². The van der Waals surface area contributed by atoms with Crippen molar-refractivity contribution in [3.8, 4) is 0 Å². The van der Waals surface area contributed by atoms with Crippen LogP contribution in [0.4, 0.5) is 0 Å². The lowest BCUT2D eigenvalue weighted by atomic mass is 9.83. The number of esters is 1. The van der Waals surface area contributed by atoms with Crippen LogP contribution in [0.2, 0.25) is 0 Å². The third kappa shape index (κ3) is 2.68. The Kier molecular flexibility index (Phi) is 3.40. The summed E-state index contributed by atoms with van der Waals surface area (Å²) in [5, 5.41) is 0. The van der Waals surface area contributed by atoms with Crippen LogP contribution in [0, 0.1) is 0 Å². The van der Waals surface area contributed by atoms with Gasteiger partial charge >= 0.3 is 5.97 Å². The number of ketones is 2. The third-order valence-corrected chi connectivity index (χ3v) is 3.56. The van der Waals surface area contributed by atoms with Crippen molar-refractivity contribution in [3.05, 3.63) is 70.3 Å². The smallest absolute Gasteiger partial charge is 0.338 e. The van der Waals surface area contributed by atoms with E-state index in [1.54, 1.807) is 45.0 Å². The molecule has 0 spiro atoms. The predicted octanol–water partition coefficient (Wildman–Crippen LogP) is 3.42. The highest BCUT2D eigenvalue weighted by molar-refractivity contribution is 6.28. The van der Waals surface area contributed by atoms with Crippen molar-refractivity contribution >= 4 is 17.5 Å². The van der Waals surface area contributed by atoms with Gasteiger partial charge in [0.1, 0.15) is 5.60 Å². The molecule has 3 rings (SSSR count). The largest absolute Gasteiger partial charge is 0.456 e. The Morgan fingerprint density at radius 1 is 0.826 bits per heavy atom. The van der Waals surface area contributed by atoms with Crippen molar-refractivity contribution in [1.29, 1.82) is 0 Å². The summed E-state index contributed by atoms with van der Waals surface area (Å²) in [6.45, 7) is 5.32. The van der Waals surface area contributed by atoms with Gasteiger partial charge in [0, 0.05) is 22.3 Å². The highest BCUT2D eigenvalue weighted by atomic mass is 16.6. The van der Waals surface area contributed by atoms with Crippen molar-refractivity contribution in [3.63, 3.8) is 0 Å². The highest BCUT2D eigenvalue weighted by Crippen LogP contribution is 2.28. The number of hydrogen-bond acceptors (Lipinski definition) is 4. The molecule has 0 amide bonds. The predicted molar refractivity (Wildman–Crippen MR) is 84.9 cm³/mol. The van der Waals surface area contributed by atoms with Crippen LogP contribution in [0.3, 0.4) is 0 Å². The van der Waals surface area contributed by atoms with E-state index in [9.17, 15) is 14.4 Å². The topological polar surface area (TPSA) is 60.4 Å². The fraction of sp³-hybridized carbons (Fsp3) is 0.211. The molecule has 2 aromatic rings. The molecule has 23 heavy (non-hydrogen) atoms. The van der Waals surface area contributed by atoms with Gasteiger partial charge in [-0.3, -0.25) is 9.59 Å². The van der Waals surface area contributed by atoms with E-state index in [1.807, 2.05) is 0 Å². The van der Waals surface area contributed by atoms with Crippen LogP contribution in [-0.4, -0.2) is 23.1 Å². The molecule has 0 unspecified atom stereocenters. The van der Waals surface area contributed by atoms with Gasteiger partial charge in [0.15, 0.2) is 11.6 Å². The molecule has 4 heteroatoms. The van der Waals surface area contributed by atoms with E-state index in [2.05, 4.69) is 0 Å². The van der Waals surface area contributed by atoms with E-state index in [-0.39, 0.29) is 22.7 Å². The number of benzene rings is 2. The van der Waals surface area contributed by atoms with Crippen LogP contribution in [0.5, 0.6) is 0 Å². The molecule has 116 valence electrons. The summed E-state index contributed by atoms with van der Waals surface area (Å²) in [5.41, 5.74) is 0.970. The summed E-state index contributed by atoms with van der Waals surface area (Å²) in [4.78, 5) is 37.3. The third-order valence-electron chi connectivity index (χ3n) is 3.56. The summed E-state index contributed by atoms with van der Waals surface area (Å²) in [7, 11) is 0. The Morgan fingerprint density at radius 3 is 1.91 bits per heavy atom. The standard InChI is InChI=1S/C19H16O4/c1-19(2,3)23-18(22)11-8-9-14-15(10-11)17(21)13-7-5-4-6-12(13)16(14)20/h4-10H,1-3H3. The fourth-order valence-corrected chi connectivity index (χ4v) is 2.56. The maximum absolute atomic E-state index is 12.6. The van der Waals surface area contributed by atoms with Gasteiger partial charge in [-0.2, -0.15) is 0 Å². The molecule has 0 fully saturated rings. The number of hydrogen-bond donors (Lipinski definition) is 0. The molecular weight excluding hydrogens is 292 g/mol. The van der Waals surface area contributed by atoms with Crippen LogP contribution in [0.25, 0.3) is 0 Å². The highest BCUT2D eigenvalue weighted by Gasteiger charge is 2.30. The molecule has 1 aliphatic carbocycles. The van der Waals surface area contributed by atoms with Gasteiger partial charge < -0.3 is 4.74 Å². The Labute approximate surface area is 134 Å². The fourth-order valence-electron chi connectivity index (χ4n) is 2.56. The Hall–Kier alpha value is -2.75. The molecule has 0 saturated carbocycles. The number of fused-ring (bicyclic) bond motifs is 2. The summed E-state index contributed by atoms with van der Waals surface area (Å²) in [6, 6.07) is 11.2. The Morgan fingerprint density at radius 2 is 1.35 bits per heavy atom. The first kappa shape index (κ1) is 15.2. The van der Waals surface area contributed by atoms with E-state index in [4.69, 9.17) is 4.74 Å². The van der Waals surface area contributed by atoms with E-state index in [0.717, 1.165) is 0 Å². The maximum Gasteiger partial charge on any atom is 0.338 e. The summed E-state index contributed by atoms with van der Waals surface area (Å²) in [6.07, 6.45) is 0. The van der Waals surface area contributed by atoms with Crippen molar-refractivity contribution in [2.45, 2.75) is 26.4 Å². The van der Waals surface area contributed by atoms with Crippen molar-refractivity contribution in [2.75, 3.05) is 0 Å². The molecule has 0 atom stereocenters. The molecule has 0 bridgehead atoms. The second kappa shape index (κ2) is 5.16. The van der Waals surface area contributed by atoms with Crippen molar-refractivity contribution in [2.24, 2.45) is 0 Å². The zero-order chi connectivity index (χ0) is 16.8. The zero-order valence-corrected chi connectivity index (χ0v) is 13.2. The number of carbonyl (C=O) groups excluding carboxylic acids is 3. The Bertz CT molecular complexity index is 841. The average molecular weight is 308 g/mol. The van der Waals surface area contributed by atoms with Gasteiger partial charge in [0.05, 0.1) is 5.56 Å². The molecule has 0 N–H and O–H groups in total. The molecule has 2 aromatic carbocycles. The van der Waals surface area contributed by atoms with Crippen LogP contribution in [0.15, 0.2) is 42.5 Å². The second-order valence-corrected chi connectivity index (χ2v) is 6.47. The molecular formula is C19H16O4. The first-order valence-electron chi connectivity index (χ1n) is 7.34. The minimum absolute atomic E-state index is 0.203. The molecule has 4 nitrogen and oxygen atoms in total. The van der Waals surface area contributed by atoms with Crippen LogP contribution < -0.4 is 0 Å². The molecule has 0 aliphatic heterocycles. The van der Waals surface area contributed by atoms with Crippen LogP contribution in [0.1, 0.15) is 63.0 Å². The minimum Gasteiger partial charge on any atom is -0.456 e. The summed E-state index contributed by atoms with van der Waals surface area (Å²) >= 11 is 0. The monoisotopic (exact) mass is 308 g/mol. The van der Waals surface area contributed by atoms with E-state index >= 15 is 0 Å². The molecule has 0 heterocycles. The quantitative estimate of drug-likeness (QED) is 0.646. The van der Waals surface area contributed by atoms with Crippen molar-refractivity contribution < 1.29 is 19.1 Å². The number of ether oxygens (including phenoxy) is 1. The molecule has 0 saturated heterocycles. The van der Waals surface area contributed by atoms with Gasteiger partial charge in [0.25, 0.3) is 0 Å². The van der Waals surface area contributed by atoms with Gasteiger partial charge in [-0.05, 0) is 39.0 Å². The average Bonchev–Trinajstić information content (AvgIpc) is 2.50. The maximum atomic E-state index is 12.6. The normalized spacial score (nSPS) is 13.3. The van der Waals surface area contributed by atoms with Gasteiger partial charge in [0.2, 0.25) is 0 Å². The van der Waals surface area contributed by atoms with Gasteiger partial charge in [-0.1, -0.05) is 24.3 Å². The summed E-state index contributed by atoms with van der Waals surface area (Å²) < 4.78 is 5.31. The zero-order valence-electron chi connectivity index (χ0n) is 13.2. The first-order valence-corrected chi connectivity index (χ1v) is 7.34. The number of rotatable bonds is 1. The lowest BCUT2D eigenvalue weighted by Crippen LogP contribution is -2.25. The molecule has 1 aliphatic rings. The van der Waals surface area contributed by atoms with Gasteiger partial charge in [-0.15, -0.1) is 0 Å². The lowest BCUT2D eigenvalue weighted by molar-refractivity contribution is 0.00693. The van der Waals surface area contributed by atoms with Crippen molar-refractivity contribution in [1.82, 2.24) is 0 Å². The first-order chi connectivity index (χ1) is 10.8. The van der Waals surface area contributed by atoms with E-state index in [1.165, 1.54) is 18.2 Å². The Balaban J connectivity index is 2.06. The van der Waals surface area contributed by atoms with Gasteiger partial charge in [-0.25, -0.2) is 4.79 Å². The van der Waals surface area contributed by atoms with Crippen LogP contribution >= 0.6 is 0 Å². The van der Waals surface area contributed by atoms with Crippen LogP contribution in [-0.2, 0) is 4.74 Å². The lowest BCUT2D eigenvalue weighted by Gasteiger charge is -2.21. The SMILES string of the molecule is CC(C)(C)OC(=O)c1ccc2c(c1)C(=O)c1ccccc1C2=O. The molecule has 0 aromatic heterocycles. The number of carbonyl (C=O) groups is 3. The second-order valence-electron chi connectivity index (χ2n) is 6.47. The summed E-state index contributed by atoms with van der Waals surface area (Å²) in [5.74, 6) is -0.967.